The summed E-state index contributed by atoms with van der Waals surface area (Å²) in [7, 11) is 1.48. The van der Waals surface area contributed by atoms with Crippen LogP contribution in [0.2, 0.25) is 0 Å². The molecule has 142 valence electrons. The minimum Gasteiger partial charge on any atom is -0.378 e. The van der Waals surface area contributed by atoms with E-state index in [4.69, 9.17) is 9.47 Å². The zero-order valence-electron chi connectivity index (χ0n) is 15.0. The van der Waals surface area contributed by atoms with Gasteiger partial charge in [0.25, 0.3) is 0 Å². The zero-order chi connectivity index (χ0) is 18.5. The third-order valence-electron chi connectivity index (χ3n) is 5.10. The average molecular weight is 364 g/mol. The molecule has 0 aliphatic carbocycles. The molecule has 2 aliphatic rings. The Balaban J connectivity index is 1.75. The normalized spacial score (nSPS) is 23.8. The quantitative estimate of drug-likeness (QED) is 0.815. The first kappa shape index (κ1) is 18.8. The van der Waals surface area contributed by atoms with Gasteiger partial charge in [-0.15, -0.1) is 0 Å². The fourth-order valence-corrected chi connectivity index (χ4v) is 3.73. The number of ether oxygens (including phenoxy) is 2. The second kappa shape index (κ2) is 8.60. The van der Waals surface area contributed by atoms with Gasteiger partial charge in [-0.05, 0) is 30.5 Å². The highest BCUT2D eigenvalue weighted by Gasteiger charge is 2.37. The molecule has 0 N–H and O–H groups in total. The number of rotatable bonds is 4. The van der Waals surface area contributed by atoms with E-state index in [2.05, 4.69) is 0 Å². The number of carbonyl (C=O) groups is 2. The Labute approximate surface area is 152 Å². The van der Waals surface area contributed by atoms with E-state index >= 15 is 0 Å². The van der Waals surface area contributed by atoms with E-state index in [0.717, 1.165) is 5.56 Å². The molecule has 0 spiro atoms. The molecule has 2 amide bonds. The number of hydrogen-bond acceptors (Lipinski definition) is 4. The SMILES string of the molecule is COCC(=O)N1C[C@H](C(=O)N2CCOCC2)CC[C@H]1c1ccc(F)cc1. The Kier molecular flexibility index (Phi) is 6.21. The fraction of sp³-hybridized carbons (Fsp3) is 0.579. The van der Waals surface area contributed by atoms with E-state index in [1.807, 2.05) is 4.90 Å². The third kappa shape index (κ3) is 4.22. The summed E-state index contributed by atoms with van der Waals surface area (Å²) in [6, 6.07) is 6.06. The summed E-state index contributed by atoms with van der Waals surface area (Å²) in [4.78, 5) is 28.9. The molecule has 2 aliphatic heterocycles. The Hall–Kier alpha value is -1.99. The van der Waals surface area contributed by atoms with E-state index in [1.54, 1.807) is 17.0 Å². The number of halogens is 1. The maximum atomic E-state index is 13.2. The van der Waals surface area contributed by atoms with Crippen molar-refractivity contribution in [2.24, 2.45) is 5.92 Å². The van der Waals surface area contributed by atoms with Gasteiger partial charge in [0.05, 0.1) is 25.2 Å². The van der Waals surface area contributed by atoms with Crippen molar-refractivity contribution in [2.75, 3.05) is 46.6 Å². The Bertz CT molecular complexity index is 631. The second-order valence-electron chi connectivity index (χ2n) is 6.76. The highest BCUT2D eigenvalue weighted by molar-refractivity contribution is 5.82. The molecule has 1 aromatic carbocycles. The topological polar surface area (TPSA) is 59.1 Å². The summed E-state index contributed by atoms with van der Waals surface area (Å²) in [5, 5.41) is 0. The summed E-state index contributed by atoms with van der Waals surface area (Å²) in [5.74, 6) is -0.590. The van der Waals surface area contributed by atoms with Crippen LogP contribution in [-0.2, 0) is 19.1 Å². The lowest BCUT2D eigenvalue weighted by Crippen LogP contribution is -2.50. The molecule has 0 radical (unpaired) electrons. The molecule has 0 aromatic heterocycles. The first-order valence-electron chi connectivity index (χ1n) is 9.00. The Morgan fingerprint density at radius 2 is 1.88 bits per heavy atom. The molecule has 3 rings (SSSR count). The molecule has 2 atom stereocenters. The van der Waals surface area contributed by atoms with Gasteiger partial charge < -0.3 is 19.3 Å². The van der Waals surface area contributed by atoms with Crippen molar-refractivity contribution in [3.05, 3.63) is 35.6 Å². The summed E-state index contributed by atoms with van der Waals surface area (Å²) in [6.07, 6.45) is 1.37. The molecule has 0 bridgehead atoms. The Morgan fingerprint density at radius 1 is 1.19 bits per heavy atom. The van der Waals surface area contributed by atoms with Crippen LogP contribution in [0.1, 0.15) is 24.4 Å². The Morgan fingerprint density at radius 3 is 2.54 bits per heavy atom. The maximum Gasteiger partial charge on any atom is 0.249 e. The molecule has 0 unspecified atom stereocenters. The van der Waals surface area contributed by atoms with E-state index in [9.17, 15) is 14.0 Å². The lowest BCUT2D eigenvalue weighted by molar-refractivity contribution is -0.147. The van der Waals surface area contributed by atoms with Crippen LogP contribution in [-0.4, -0.2) is 68.2 Å². The largest absolute Gasteiger partial charge is 0.378 e. The zero-order valence-corrected chi connectivity index (χ0v) is 15.0. The molecule has 2 heterocycles. The smallest absolute Gasteiger partial charge is 0.249 e. The van der Waals surface area contributed by atoms with E-state index in [0.29, 0.717) is 45.7 Å². The number of piperidine rings is 1. The van der Waals surface area contributed by atoms with Crippen molar-refractivity contribution in [1.82, 2.24) is 9.80 Å². The van der Waals surface area contributed by atoms with E-state index < -0.39 is 0 Å². The highest BCUT2D eigenvalue weighted by Crippen LogP contribution is 2.34. The van der Waals surface area contributed by atoms with Crippen molar-refractivity contribution in [1.29, 1.82) is 0 Å². The van der Waals surface area contributed by atoms with Crippen LogP contribution in [0.4, 0.5) is 4.39 Å². The standard InChI is InChI=1S/C19H25FN2O4/c1-25-13-18(23)22-12-15(19(24)21-8-10-26-11-9-21)4-7-17(22)14-2-5-16(20)6-3-14/h2-3,5-6,15,17H,4,7-13H2,1H3/t15-,17+/m1/s1. The van der Waals surface area contributed by atoms with Crippen LogP contribution >= 0.6 is 0 Å². The molecule has 2 fully saturated rings. The summed E-state index contributed by atoms with van der Waals surface area (Å²) in [5.41, 5.74) is 0.883. The van der Waals surface area contributed by atoms with Crippen LogP contribution in [0.3, 0.4) is 0 Å². The number of amides is 2. The van der Waals surface area contributed by atoms with Crippen molar-refractivity contribution < 1.29 is 23.5 Å². The van der Waals surface area contributed by atoms with Crippen molar-refractivity contribution in [2.45, 2.75) is 18.9 Å². The van der Waals surface area contributed by atoms with E-state index in [1.165, 1.54) is 19.2 Å². The van der Waals surface area contributed by atoms with Gasteiger partial charge in [0.1, 0.15) is 12.4 Å². The predicted octanol–water partition coefficient (Wildman–Crippen LogP) is 1.61. The van der Waals surface area contributed by atoms with Gasteiger partial charge in [-0.3, -0.25) is 9.59 Å². The molecule has 0 saturated carbocycles. The van der Waals surface area contributed by atoms with E-state index in [-0.39, 0.29) is 36.2 Å². The number of hydrogen-bond donors (Lipinski definition) is 0. The summed E-state index contributed by atoms with van der Waals surface area (Å²) < 4.78 is 23.6. The second-order valence-corrected chi connectivity index (χ2v) is 6.76. The molecule has 6 nitrogen and oxygen atoms in total. The number of methoxy groups -OCH3 is 1. The number of nitrogens with zero attached hydrogens (tertiary/aromatic N) is 2. The van der Waals surface area contributed by atoms with Crippen LogP contribution in [0.15, 0.2) is 24.3 Å². The third-order valence-corrected chi connectivity index (χ3v) is 5.10. The van der Waals surface area contributed by atoms with Gasteiger partial charge >= 0.3 is 0 Å². The molecular weight excluding hydrogens is 339 g/mol. The molecular formula is C19H25FN2O4. The monoisotopic (exact) mass is 364 g/mol. The fourth-order valence-electron chi connectivity index (χ4n) is 3.73. The molecule has 26 heavy (non-hydrogen) atoms. The molecule has 7 heteroatoms. The van der Waals surface area contributed by atoms with Gasteiger partial charge in [-0.25, -0.2) is 4.39 Å². The van der Waals surface area contributed by atoms with Crippen LogP contribution < -0.4 is 0 Å². The van der Waals surface area contributed by atoms with Crippen molar-refractivity contribution in [3.63, 3.8) is 0 Å². The van der Waals surface area contributed by atoms with Gasteiger partial charge in [0.15, 0.2) is 0 Å². The first-order valence-corrected chi connectivity index (χ1v) is 9.00. The maximum absolute atomic E-state index is 13.2. The minimum absolute atomic E-state index is 0.0316. The number of likely N-dealkylation sites (tertiary alicyclic amines) is 1. The minimum atomic E-state index is -0.306. The van der Waals surface area contributed by atoms with Gasteiger partial charge in [0.2, 0.25) is 11.8 Å². The first-order chi connectivity index (χ1) is 12.6. The lowest BCUT2D eigenvalue weighted by atomic mass is 9.88. The summed E-state index contributed by atoms with van der Waals surface area (Å²) >= 11 is 0. The van der Waals surface area contributed by atoms with Crippen molar-refractivity contribution >= 4 is 11.8 Å². The average Bonchev–Trinajstić information content (AvgIpc) is 2.68. The van der Waals surface area contributed by atoms with Crippen LogP contribution in [0.25, 0.3) is 0 Å². The number of morpholine rings is 1. The van der Waals surface area contributed by atoms with Gasteiger partial charge in [-0.2, -0.15) is 0 Å². The van der Waals surface area contributed by atoms with Crippen LogP contribution in [0, 0.1) is 11.7 Å². The number of carbonyl (C=O) groups excluding carboxylic acids is 2. The predicted molar refractivity (Wildman–Crippen MR) is 92.9 cm³/mol. The number of benzene rings is 1. The molecule has 2 saturated heterocycles. The van der Waals surface area contributed by atoms with Gasteiger partial charge in [0, 0.05) is 26.7 Å². The highest BCUT2D eigenvalue weighted by atomic mass is 19.1. The lowest BCUT2D eigenvalue weighted by Gasteiger charge is -2.41. The van der Waals surface area contributed by atoms with Crippen molar-refractivity contribution in [3.8, 4) is 0 Å². The summed E-state index contributed by atoms with van der Waals surface area (Å²) in [6.45, 7) is 2.65. The van der Waals surface area contributed by atoms with Crippen LogP contribution in [0.5, 0.6) is 0 Å². The molecule has 1 aromatic rings. The van der Waals surface area contributed by atoms with Gasteiger partial charge in [-0.1, -0.05) is 12.1 Å².